The Hall–Kier alpha value is -2.88. The molecular weight excluding hydrogens is 461 g/mol. The highest BCUT2D eigenvalue weighted by Gasteiger charge is 2.18. The lowest BCUT2D eigenvalue weighted by Gasteiger charge is -2.13. The summed E-state index contributed by atoms with van der Waals surface area (Å²) in [4.78, 5) is 17.2. The van der Waals surface area contributed by atoms with Crippen LogP contribution in [0.4, 0.5) is 10.1 Å². The molecule has 0 radical (unpaired) electrons. The molecule has 31 heavy (non-hydrogen) atoms. The number of nitrogens with one attached hydrogen (secondary N) is 1. The molecule has 4 rings (SSSR count). The van der Waals surface area contributed by atoms with Gasteiger partial charge < -0.3 is 0 Å². The molecule has 0 bridgehead atoms. The van der Waals surface area contributed by atoms with E-state index in [-0.39, 0.29) is 15.5 Å². The number of rotatable bonds is 6. The van der Waals surface area contributed by atoms with E-state index in [1.807, 2.05) is 0 Å². The van der Waals surface area contributed by atoms with Gasteiger partial charge in [-0.15, -0.1) is 11.8 Å². The van der Waals surface area contributed by atoms with Crippen molar-refractivity contribution in [3.8, 4) is 0 Å². The molecule has 6 nitrogen and oxygen atoms in total. The Morgan fingerprint density at radius 3 is 2.65 bits per heavy atom. The number of hydrogen-bond donors (Lipinski definition) is 1. The second kappa shape index (κ2) is 8.70. The molecule has 0 amide bonds. The van der Waals surface area contributed by atoms with Crippen molar-refractivity contribution in [2.24, 2.45) is 0 Å². The maximum absolute atomic E-state index is 13.4. The molecule has 0 saturated carbocycles. The first kappa shape index (κ1) is 21.4. The van der Waals surface area contributed by atoms with Crippen LogP contribution < -0.4 is 10.3 Å². The van der Waals surface area contributed by atoms with Crippen LogP contribution >= 0.6 is 23.4 Å². The van der Waals surface area contributed by atoms with Crippen LogP contribution in [0.5, 0.6) is 0 Å². The summed E-state index contributed by atoms with van der Waals surface area (Å²) in [7, 11) is -3.98. The van der Waals surface area contributed by atoms with Gasteiger partial charge in [-0.2, -0.15) is 0 Å². The zero-order chi connectivity index (χ0) is 22.0. The van der Waals surface area contributed by atoms with E-state index in [1.54, 1.807) is 48.7 Å². The van der Waals surface area contributed by atoms with Gasteiger partial charge in [0.1, 0.15) is 11.5 Å². The molecule has 0 spiro atoms. The summed E-state index contributed by atoms with van der Waals surface area (Å²) >= 11 is 7.06. The van der Waals surface area contributed by atoms with Crippen LogP contribution in [0.3, 0.4) is 0 Å². The van der Waals surface area contributed by atoms with E-state index < -0.39 is 15.8 Å². The Morgan fingerprint density at radius 1 is 1.06 bits per heavy atom. The average molecular weight is 476 g/mol. The monoisotopic (exact) mass is 475 g/mol. The van der Waals surface area contributed by atoms with Gasteiger partial charge in [0, 0.05) is 22.9 Å². The molecular formula is C21H15ClFN3O3S2. The normalized spacial score (nSPS) is 11.5. The highest BCUT2D eigenvalue weighted by molar-refractivity contribution is 7.98. The van der Waals surface area contributed by atoms with Crippen LogP contribution in [0.15, 0.2) is 87.5 Å². The third-order valence-electron chi connectivity index (χ3n) is 4.33. The first-order valence-electron chi connectivity index (χ1n) is 9.00. The van der Waals surface area contributed by atoms with Crippen molar-refractivity contribution in [1.29, 1.82) is 0 Å². The van der Waals surface area contributed by atoms with E-state index in [4.69, 9.17) is 11.6 Å². The quantitative estimate of drug-likeness (QED) is 0.413. The number of hydrogen-bond acceptors (Lipinski definition) is 5. The molecule has 0 unspecified atom stereocenters. The van der Waals surface area contributed by atoms with Crippen molar-refractivity contribution in [3.05, 3.63) is 99.8 Å². The third kappa shape index (κ3) is 4.73. The van der Waals surface area contributed by atoms with Gasteiger partial charge >= 0.3 is 0 Å². The highest BCUT2D eigenvalue weighted by Crippen LogP contribution is 2.31. The number of fused-ring (bicyclic) bond motifs is 1. The van der Waals surface area contributed by atoms with E-state index >= 15 is 0 Å². The number of sulfonamides is 1. The summed E-state index contributed by atoms with van der Waals surface area (Å²) in [6, 6.07) is 16.8. The highest BCUT2D eigenvalue weighted by atomic mass is 35.5. The number of nitrogens with zero attached hydrogens (tertiary/aromatic N) is 2. The van der Waals surface area contributed by atoms with Gasteiger partial charge in [0.15, 0.2) is 0 Å². The van der Waals surface area contributed by atoms with Crippen molar-refractivity contribution in [3.63, 3.8) is 0 Å². The first-order chi connectivity index (χ1) is 14.8. The summed E-state index contributed by atoms with van der Waals surface area (Å²) in [5, 5.41) is -0.279. The van der Waals surface area contributed by atoms with E-state index in [1.165, 1.54) is 22.2 Å². The summed E-state index contributed by atoms with van der Waals surface area (Å²) in [6.07, 6.45) is 1.65. The second-order valence-electron chi connectivity index (χ2n) is 6.48. The minimum atomic E-state index is -3.98. The number of pyridine rings is 1. The fraction of sp³-hybridized carbons (Fsp3) is 0.0476. The van der Waals surface area contributed by atoms with Crippen LogP contribution in [0.2, 0.25) is 5.02 Å². The molecule has 0 fully saturated rings. The maximum atomic E-state index is 13.4. The Bertz CT molecular complexity index is 1440. The van der Waals surface area contributed by atoms with E-state index in [2.05, 4.69) is 9.71 Å². The van der Waals surface area contributed by atoms with Crippen molar-refractivity contribution in [2.75, 3.05) is 4.72 Å². The lowest BCUT2D eigenvalue weighted by atomic mass is 10.3. The molecule has 2 aromatic heterocycles. The van der Waals surface area contributed by atoms with E-state index in [9.17, 15) is 17.6 Å². The Labute approximate surface area is 186 Å². The maximum Gasteiger partial charge on any atom is 0.261 e. The fourth-order valence-corrected chi connectivity index (χ4v) is 5.17. The lowest BCUT2D eigenvalue weighted by molar-refractivity contribution is 0.599. The van der Waals surface area contributed by atoms with Gasteiger partial charge in [-0.05, 0) is 42.5 Å². The van der Waals surface area contributed by atoms with E-state index in [0.717, 1.165) is 18.2 Å². The first-order valence-corrected chi connectivity index (χ1v) is 11.9. The lowest BCUT2D eigenvalue weighted by Crippen LogP contribution is -2.15. The Morgan fingerprint density at radius 2 is 1.84 bits per heavy atom. The predicted molar refractivity (Wildman–Crippen MR) is 120 cm³/mol. The minimum absolute atomic E-state index is 0.150. The van der Waals surface area contributed by atoms with Gasteiger partial charge in [-0.3, -0.25) is 13.9 Å². The Balaban J connectivity index is 1.58. The van der Waals surface area contributed by atoms with Crippen molar-refractivity contribution in [1.82, 2.24) is 9.38 Å². The molecule has 0 saturated heterocycles. The molecule has 0 atom stereocenters. The largest absolute Gasteiger partial charge is 0.278 e. The topological polar surface area (TPSA) is 80.5 Å². The van der Waals surface area contributed by atoms with Crippen LogP contribution in [-0.2, 0) is 15.8 Å². The number of benzene rings is 2. The minimum Gasteiger partial charge on any atom is -0.278 e. The van der Waals surface area contributed by atoms with E-state index in [0.29, 0.717) is 27.7 Å². The zero-order valence-corrected chi connectivity index (χ0v) is 18.2. The van der Waals surface area contributed by atoms with Gasteiger partial charge in [-0.1, -0.05) is 29.8 Å². The standard InChI is InChI=1S/C21H15ClFN3O3S2/c22-16-12-15(8-9-17(16)23)31(28,29)25-18-5-1-2-6-19(18)30-13-14-11-21(27)26-10-4-3-7-20(26)24-14/h1-12,25H,13H2. The average Bonchev–Trinajstić information content (AvgIpc) is 2.75. The molecule has 0 aliphatic rings. The van der Waals surface area contributed by atoms with Crippen LogP contribution in [0.25, 0.3) is 5.65 Å². The van der Waals surface area contributed by atoms with Crippen molar-refractivity contribution in [2.45, 2.75) is 15.5 Å². The number of aromatic nitrogens is 2. The van der Waals surface area contributed by atoms with Crippen molar-refractivity contribution < 1.29 is 12.8 Å². The molecule has 0 aliphatic carbocycles. The van der Waals surface area contributed by atoms with Gasteiger partial charge in [0.25, 0.3) is 15.6 Å². The second-order valence-corrected chi connectivity index (χ2v) is 9.59. The molecule has 158 valence electrons. The smallest absolute Gasteiger partial charge is 0.261 e. The van der Waals surface area contributed by atoms with Crippen molar-refractivity contribution >= 4 is 44.7 Å². The number of para-hydroxylation sites is 1. The van der Waals surface area contributed by atoms with Crippen LogP contribution in [-0.4, -0.2) is 17.8 Å². The van der Waals surface area contributed by atoms with Crippen LogP contribution in [0.1, 0.15) is 5.69 Å². The third-order valence-corrected chi connectivity index (χ3v) is 7.09. The molecule has 1 N–H and O–H groups in total. The number of halogens is 2. The molecule has 0 aliphatic heterocycles. The van der Waals surface area contributed by atoms with Gasteiger partial charge in [0.05, 0.1) is 21.3 Å². The van der Waals surface area contributed by atoms with Gasteiger partial charge in [-0.25, -0.2) is 17.8 Å². The van der Waals surface area contributed by atoms with Gasteiger partial charge in [0.2, 0.25) is 0 Å². The molecule has 2 aromatic carbocycles. The summed E-state index contributed by atoms with van der Waals surface area (Å²) in [5.41, 5.74) is 1.27. The Kier molecular flexibility index (Phi) is 5.99. The number of thioether (sulfide) groups is 1. The fourth-order valence-electron chi connectivity index (χ4n) is 2.85. The summed E-state index contributed by atoms with van der Waals surface area (Å²) in [5.74, 6) is -0.336. The summed E-state index contributed by atoms with van der Waals surface area (Å²) < 4.78 is 42.8. The molecule has 10 heteroatoms. The predicted octanol–water partition coefficient (Wildman–Crippen LogP) is 4.58. The zero-order valence-electron chi connectivity index (χ0n) is 15.8. The SMILES string of the molecule is O=c1cc(CSc2ccccc2NS(=O)(=O)c2ccc(F)c(Cl)c2)nc2ccccn12. The number of anilines is 1. The van der Waals surface area contributed by atoms with Crippen LogP contribution in [0, 0.1) is 5.82 Å². The molecule has 2 heterocycles. The molecule has 4 aromatic rings. The summed E-state index contributed by atoms with van der Waals surface area (Å²) in [6.45, 7) is 0.